The SMILES string of the molecule is CCC1COCCN1C(=O)c1sc2ccc(F)cc2c1N. The lowest BCUT2D eigenvalue weighted by atomic mass is 10.1. The number of halogens is 1. The number of benzene rings is 1. The van der Waals surface area contributed by atoms with Crippen molar-refractivity contribution in [1.29, 1.82) is 0 Å². The van der Waals surface area contributed by atoms with Gasteiger partial charge in [0.05, 0.1) is 24.9 Å². The van der Waals surface area contributed by atoms with Gasteiger partial charge in [-0.25, -0.2) is 4.39 Å². The number of anilines is 1. The number of nitrogens with zero attached hydrogens (tertiary/aromatic N) is 1. The van der Waals surface area contributed by atoms with Crippen molar-refractivity contribution in [2.45, 2.75) is 19.4 Å². The zero-order valence-electron chi connectivity index (χ0n) is 11.8. The zero-order chi connectivity index (χ0) is 15.0. The van der Waals surface area contributed by atoms with Gasteiger partial charge in [0.15, 0.2) is 0 Å². The Kier molecular flexibility index (Phi) is 3.82. The van der Waals surface area contributed by atoms with Gasteiger partial charge in [-0.1, -0.05) is 6.92 Å². The Morgan fingerprint density at radius 1 is 1.57 bits per heavy atom. The maximum atomic E-state index is 13.3. The molecule has 1 unspecified atom stereocenters. The number of nitrogens with two attached hydrogens (primary N) is 1. The van der Waals surface area contributed by atoms with E-state index in [1.807, 2.05) is 11.8 Å². The standard InChI is InChI=1S/C15H17FN2O2S/c1-2-10-8-20-6-5-18(10)15(19)14-13(17)11-7-9(16)3-4-12(11)21-14/h3-4,7,10H,2,5-6,8,17H2,1H3. The quantitative estimate of drug-likeness (QED) is 0.928. The molecule has 0 saturated carbocycles. The number of fused-ring (bicyclic) bond motifs is 1. The fourth-order valence-corrected chi connectivity index (χ4v) is 3.70. The number of ether oxygens (including phenoxy) is 1. The van der Waals surface area contributed by atoms with E-state index in [1.54, 1.807) is 6.07 Å². The zero-order valence-corrected chi connectivity index (χ0v) is 12.6. The second-order valence-corrected chi connectivity index (χ2v) is 6.17. The molecule has 21 heavy (non-hydrogen) atoms. The van der Waals surface area contributed by atoms with Gasteiger partial charge in [0.2, 0.25) is 0 Å². The van der Waals surface area contributed by atoms with Gasteiger partial charge in [-0.15, -0.1) is 11.3 Å². The van der Waals surface area contributed by atoms with E-state index in [-0.39, 0.29) is 17.8 Å². The van der Waals surface area contributed by atoms with Gasteiger partial charge in [-0.2, -0.15) is 0 Å². The summed E-state index contributed by atoms with van der Waals surface area (Å²) in [5.41, 5.74) is 6.44. The number of hydrogen-bond acceptors (Lipinski definition) is 4. The van der Waals surface area contributed by atoms with Gasteiger partial charge in [0.1, 0.15) is 10.7 Å². The van der Waals surface area contributed by atoms with Crippen LogP contribution in [0.25, 0.3) is 10.1 Å². The van der Waals surface area contributed by atoms with Gasteiger partial charge in [-0.05, 0) is 24.6 Å². The molecule has 1 fully saturated rings. The third kappa shape index (κ3) is 2.49. The summed E-state index contributed by atoms with van der Waals surface area (Å²) >= 11 is 1.32. The maximum absolute atomic E-state index is 13.3. The number of nitrogen functional groups attached to an aromatic ring is 1. The topological polar surface area (TPSA) is 55.6 Å². The molecule has 6 heteroatoms. The van der Waals surface area contributed by atoms with Gasteiger partial charge in [0, 0.05) is 16.6 Å². The number of amides is 1. The average molecular weight is 308 g/mol. The molecule has 1 aromatic heterocycles. The summed E-state index contributed by atoms with van der Waals surface area (Å²) in [5, 5.41) is 0.615. The smallest absolute Gasteiger partial charge is 0.266 e. The van der Waals surface area contributed by atoms with Gasteiger partial charge >= 0.3 is 0 Å². The summed E-state index contributed by atoms with van der Waals surface area (Å²) < 4.78 is 19.6. The van der Waals surface area contributed by atoms with Crippen LogP contribution >= 0.6 is 11.3 Å². The Hall–Kier alpha value is -1.66. The minimum absolute atomic E-state index is 0.0765. The van der Waals surface area contributed by atoms with Crippen molar-refractivity contribution in [3.63, 3.8) is 0 Å². The van der Waals surface area contributed by atoms with E-state index in [2.05, 4.69) is 0 Å². The van der Waals surface area contributed by atoms with Crippen LogP contribution in [0.2, 0.25) is 0 Å². The molecule has 2 N–H and O–H groups in total. The van der Waals surface area contributed by atoms with Gasteiger partial charge < -0.3 is 15.4 Å². The Bertz CT molecular complexity index is 686. The molecule has 1 saturated heterocycles. The van der Waals surface area contributed by atoms with E-state index in [0.29, 0.717) is 35.7 Å². The summed E-state index contributed by atoms with van der Waals surface area (Å²) in [5.74, 6) is -0.423. The number of rotatable bonds is 2. The van der Waals surface area contributed by atoms with E-state index in [1.165, 1.54) is 23.5 Å². The van der Waals surface area contributed by atoms with Crippen molar-refractivity contribution in [3.05, 3.63) is 28.9 Å². The fraction of sp³-hybridized carbons (Fsp3) is 0.400. The minimum atomic E-state index is -0.344. The normalized spacial score (nSPS) is 19.1. The summed E-state index contributed by atoms with van der Waals surface area (Å²) in [6.45, 7) is 3.70. The molecule has 3 rings (SSSR count). The van der Waals surface area contributed by atoms with Crippen LogP contribution in [-0.2, 0) is 4.74 Å². The molecule has 0 spiro atoms. The van der Waals surface area contributed by atoms with E-state index >= 15 is 0 Å². The van der Waals surface area contributed by atoms with Crippen LogP contribution in [0.1, 0.15) is 23.0 Å². The number of carbonyl (C=O) groups excluding carboxylic acids is 1. The molecule has 2 aromatic rings. The lowest BCUT2D eigenvalue weighted by Crippen LogP contribution is -2.48. The minimum Gasteiger partial charge on any atom is -0.397 e. The fourth-order valence-electron chi connectivity index (χ4n) is 2.64. The summed E-state index contributed by atoms with van der Waals surface area (Å²) in [4.78, 5) is 15.1. The first-order valence-electron chi connectivity index (χ1n) is 6.98. The first-order valence-corrected chi connectivity index (χ1v) is 7.79. The lowest BCUT2D eigenvalue weighted by Gasteiger charge is -2.34. The number of morpholine rings is 1. The lowest BCUT2D eigenvalue weighted by molar-refractivity contribution is -0.00248. The predicted octanol–water partition coefficient (Wildman–Crippen LogP) is 2.87. The highest BCUT2D eigenvalue weighted by Gasteiger charge is 2.29. The van der Waals surface area contributed by atoms with Crippen molar-refractivity contribution < 1.29 is 13.9 Å². The van der Waals surface area contributed by atoms with Crippen molar-refractivity contribution in [3.8, 4) is 0 Å². The molecule has 1 aromatic carbocycles. The number of hydrogen-bond donors (Lipinski definition) is 1. The molecule has 2 heterocycles. The van der Waals surface area contributed by atoms with E-state index in [9.17, 15) is 9.18 Å². The molecule has 0 aliphatic carbocycles. The number of carbonyl (C=O) groups is 1. The Morgan fingerprint density at radius 3 is 3.14 bits per heavy atom. The molecular formula is C15H17FN2O2S. The van der Waals surface area contributed by atoms with Crippen LogP contribution < -0.4 is 5.73 Å². The highest BCUT2D eigenvalue weighted by molar-refractivity contribution is 7.21. The molecule has 1 amide bonds. The monoisotopic (exact) mass is 308 g/mol. The molecule has 0 bridgehead atoms. The Labute approximate surface area is 126 Å². The average Bonchev–Trinajstić information content (AvgIpc) is 2.83. The van der Waals surface area contributed by atoms with Crippen LogP contribution in [0.5, 0.6) is 0 Å². The van der Waals surface area contributed by atoms with Crippen LogP contribution in [0.3, 0.4) is 0 Å². The Balaban J connectivity index is 1.99. The summed E-state index contributed by atoms with van der Waals surface area (Å²) in [6, 6.07) is 4.51. The van der Waals surface area contributed by atoms with Crippen molar-refractivity contribution in [1.82, 2.24) is 4.90 Å². The summed E-state index contributed by atoms with van der Waals surface area (Å²) in [7, 11) is 0. The highest BCUT2D eigenvalue weighted by atomic mass is 32.1. The largest absolute Gasteiger partial charge is 0.397 e. The molecular weight excluding hydrogens is 291 g/mol. The first-order chi connectivity index (χ1) is 10.1. The molecule has 112 valence electrons. The van der Waals surface area contributed by atoms with Gasteiger partial charge in [-0.3, -0.25) is 4.79 Å². The van der Waals surface area contributed by atoms with Crippen LogP contribution in [0.15, 0.2) is 18.2 Å². The van der Waals surface area contributed by atoms with E-state index in [0.717, 1.165) is 11.1 Å². The van der Waals surface area contributed by atoms with Gasteiger partial charge in [0.25, 0.3) is 5.91 Å². The molecule has 1 aliphatic heterocycles. The third-order valence-electron chi connectivity index (χ3n) is 3.84. The van der Waals surface area contributed by atoms with Crippen molar-refractivity contribution >= 4 is 33.0 Å². The third-order valence-corrected chi connectivity index (χ3v) is 5.02. The molecule has 0 radical (unpaired) electrons. The first kappa shape index (κ1) is 14.3. The second kappa shape index (κ2) is 5.61. The Morgan fingerprint density at radius 2 is 2.38 bits per heavy atom. The maximum Gasteiger partial charge on any atom is 0.266 e. The van der Waals surface area contributed by atoms with Crippen molar-refractivity contribution in [2.75, 3.05) is 25.5 Å². The van der Waals surface area contributed by atoms with Crippen molar-refractivity contribution in [2.24, 2.45) is 0 Å². The van der Waals surface area contributed by atoms with Crippen LogP contribution in [0, 0.1) is 5.82 Å². The van der Waals surface area contributed by atoms with Crippen LogP contribution in [-0.4, -0.2) is 36.6 Å². The second-order valence-electron chi connectivity index (χ2n) is 5.12. The van der Waals surface area contributed by atoms with Crippen LogP contribution in [0.4, 0.5) is 10.1 Å². The molecule has 1 aliphatic rings. The molecule has 4 nitrogen and oxygen atoms in total. The van der Waals surface area contributed by atoms with E-state index < -0.39 is 0 Å². The molecule has 1 atom stereocenters. The highest BCUT2D eigenvalue weighted by Crippen LogP contribution is 2.35. The predicted molar refractivity (Wildman–Crippen MR) is 82.1 cm³/mol. The number of thiophene rings is 1. The van der Waals surface area contributed by atoms with E-state index in [4.69, 9.17) is 10.5 Å². The summed E-state index contributed by atoms with van der Waals surface area (Å²) in [6.07, 6.45) is 0.838.